The van der Waals surface area contributed by atoms with Gasteiger partial charge in [-0.05, 0) is 6.07 Å². The van der Waals surface area contributed by atoms with E-state index in [2.05, 4.69) is 5.16 Å². The first-order valence-corrected chi connectivity index (χ1v) is 5.65. The van der Waals surface area contributed by atoms with Crippen LogP contribution in [0.25, 0.3) is 0 Å². The summed E-state index contributed by atoms with van der Waals surface area (Å²) in [6.45, 7) is -0.518. The average molecular weight is 273 g/mol. The number of hydrogen-bond acceptors (Lipinski definition) is 8. The summed E-state index contributed by atoms with van der Waals surface area (Å²) < 4.78 is 9.89. The van der Waals surface area contributed by atoms with Crippen LogP contribution in [0.1, 0.15) is 5.56 Å². The van der Waals surface area contributed by atoms with Gasteiger partial charge >= 0.3 is 0 Å². The van der Waals surface area contributed by atoms with Crippen LogP contribution in [0.15, 0.2) is 28.2 Å². The normalized spacial score (nSPS) is 35.7. The summed E-state index contributed by atoms with van der Waals surface area (Å²) in [6.07, 6.45) is -2.47. The molecule has 1 aromatic heterocycles. The summed E-state index contributed by atoms with van der Waals surface area (Å²) in [5.74, 6) is 0. The van der Waals surface area contributed by atoms with Crippen molar-refractivity contribution >= 4 is 6.21 Å². The monoisotopic (exact) mass is 273 g/mol. The fraction of sp³-hybridized carbons (Fsp3) is 0.545. The third-order valence-corrected chi connectivity index (χ3v) is 2.76. The van der Waals surface area contributed by atoms with Crippen molar-refractivity contribution < 1.29 is 34.4 Å². The van der Waals surface area contributed by atoms with E-state index in [1.54, 1.807) is 6.07 Å². The SMILES string of the molecule is OCC1O[C@@H](O/N=C/c2ccoc2)C(O)[C@@H](O)C1O. The van der Waals surface area contributed by atoms with Gasteiger partial charge in [-0.3, -0.25) is 0 Å². The van der Waals surface area contributed by atoms with E-state index in [1.807, 2.05) is 0 Å². The van der Waals surface area contributed by atoms with Crippen LogP contribution >= 0.6 is 0 Å². The van der Waals surface area contributed by atoms with Crippen LogP contribution in [0.4, 0.5) is 0 Å². The predicted octanol–water partition coefficient (Wildman–Crippen LogP) is -1.57. The maximum Gasteiger partial charge on any atom is 0.256 e. The molecule has 0 radical (unpaired) electrons. The fourth-order valence-electron chi connectivity index (χ4n) is 1.65. The van der Waals surface area contributed by atoms with Crippen molar-refractivity contribution in [1.29, 1.82) is 0 Å². The van der Waals surface area contributed by atoms with Gasteiger partial charge in [0.25, 0.3) is 6.29 Å². The maximum atomic E-state index is 9.64. The van der Waals surface area contributed by atoms with E-state index in [9.17, 15) is 15.3 Å². The molecule has 8 heteroatoms. The van der Waals surface area contributed by atoms with Crippen molar-refractivity contribution in [1.82, 2.24) is 0 Å². The Morgan fingerprint density at radius 2 is 2.05 bits per heavy atom. The summed E-state index contributed by atoms with van der Waals surface area (Å²) in [7, 11) is 0. The number of aliphatic hydroxyl groups excluding tert-OH is 4. The lowest BCUT2D eigenvalue weighted by Gasteiger charge is -2.38. The van der Waals surface area contributed by atoms with Crippen molar-refractivity contribution in [3.8, 4) is 0 Å². The molecule has 3 unspecified atom stereocenters. The Bertz CT molecular complexity index is 405. The summed E-state index contributed by atoms with van der Waals surface area (Å²) in [4.78, 5) is 4.89. The number of ether oxygens (including phenoxy) is 1. The molecular formula is C11H15NO7. The molecule has 0 aromatic carbocycles. The lowest BCUT2D eigenvalue weighted by Crippen LogP contribution is -2.58. The van der Waals surface area contributed by atoms with Gasteiger partial charge < -0.3 is 34.4 Å². The first-order valence-electron chi connectivity index (χ1n) is 5.65. The standard InChI is InChI=1S/C11H15NO7/c13-4-7-8(14)9(15)10(16)11(18-7)19-12-3-6-1-2-17-5-6/h1-3,5,7-11,13-16H,4H2/b12-3+/t7?,8?,9-,10?,11-/m0/s1. The lowest BCUT2D eigenvalue weighted by molar-refractivity contribution is -0.301. The zero-order chi connectivity index (χ0) is 13.8. The van der Waals surface area contributed by atoms with Gasteiger partial charge in [0.15, 0.2) is 0 Å². The van der Waals surface area contributed by atoms with Crippen molar-refractivity contribution in [2.45, 2.75) is 30.7 Å². The first-order chi connectivity index (χ1) is 9.13. The molecule has 1 aliphatic heterocycles. The van der Waals surface area contributed by atoms with E-state index in [0.717, 1.165) is 0 Å². The second-order valence-electron chi connectivity index (χ2n) is 4.09. The van der Waals surface area contributed by atoms with E-state index in [-0.39, 0.29) is 0 Å². The molecular weight excluding hydrogens is 258 g/mol. The first kappa shape index (κ1) is 14.0. The molecule has 0 saturated carbocycles. The lowest BCUT2D eigenvalue weighted by atomic mass is 9.99. The molecule has 1 fully saturated rings. The van der Waals surface area contributed by atoms with E-state index in [1.165, 1.54) is 18.7 Å². The number of nitrogens with zero attached hydrogens (tertiary/aromatic N) is 1. The Morgan fingerprint density at radius 3 is 2.68 bits per heavy atom. The Kier molecular flexibility index (Phi) is 4.51. The van der Waals surface area contributed by atoms with E-state index in [0.29, 0.717) is 5.56 Å². The van der Waals surface area contributed by atoms with Crippen molar-refractivity contribution in [2.24, 2.45) is 5.16 Å². The number of aliphatic hydroxyl groups is 4. The van der Waals surface area contributed by atoms with Gasteiger partial charge in [-0.15, -0.1) is 0 Å². The Balaban J connectivity index is 1.95. The van der Waals surface area contributed by atoms with Crippen molar-refractivity contribution in [3.63, 3.8) is 0 Å². The highest BCUT2D eigenvalue weighted by molar-refractivity contribution is 5.78. The smallest absolute Gasteiger partial charge is 0.256 e. The second-order valence-corrected chi connectivity index (χ2v) is 4.09. The van der Waals surface area contributed by atoms with Crippen LogP contribution in [0.5, 0.6) is 0 Å². The molecule has 5 atom stereocenters. The van der Waals surface area contributed by atoms with Gasteiger partial charge in [0.05, 0.1) is 25.3 Å². The quantitative estimate of drug-likeness (QED) is 0.386. The van der Waals surface area contributed by atoms with Gasteiger partial charge in [-0.25, -0.2) is 0 Å². The van der Waals surface area contributed by atoms with Gasteiger partial charge in [0.2, 0.25) is 0 Å². The van der Waals surface area contributed by atoms with Crippen LogP contribution in [-0.4, -0.2) is 64.0 Å². The van der Waals surface area contributed by atoms with Crippen molar-refractivity contribution in [2.75, 3.05) is 6.61 Å². The molecule has 4 N–H and O–H groups in total. The van der Waals surface area contributed by atoms with Crippen LogP contribution in [0.2, 0.25) is 0 Å². The minimum absolute atomic E-state index is 0.518. The number of rotatable bonds is 4. The zero-order valence-electron chi connectivity index (χ0n) is 9.86. The number of hydrogen-bond donors (Lipinski definition) is 4. The minimum Gasteiger partial charge on any atom is -0.472 e. The van der Waals surface area contributed by atoms with Crippen LogP contribution in [0.3, 0.4) is 0 Å². The summed E-state index contributed by atoms with van der Waals surface area (Å²) in [5.41, 5.74) is 0.643. The summed E-state index contributed by atoms with van der Waals surface area (Å²) in [5, 5.41) is 41.3. The molecule has 1 aliphatic rings. The zero-order valence-corrected chi connectivity index (χ0v) is 9.86. The molecule has 0 amide bonds. The largest absolute Gasteiger partial charge is 0.472 e. The van der Waals surface area contributed by atoms with Crippen LogP contribution < -0.4 is 0 Å². The molecule has 2 rings (SSSR count). The molecule has 1 aromatic rings. The predicted molar refractivity (Wildman–Crippen MR) is 61.2 cm³/mol. The molecule has 8 nitrogen and oxygen atoms in total. The highest BCUT2D eigenvalue weighted by Gasteiger charge is 2.44. The summed E-state index contributed by atoms with van der Waals surface area (Å²) >= 11 is 0. The highest BCUT2D eigenvalue weighted by atomic mass is 16.8. The maximum absolute atomic E-state index is 9.64. The van der Waals surface area contributed by atoms with Gasteiger partial charge in [0, 0.05) is 5.56 Å². The second kappa shape index (κ2) is 6.13. The van der Waals surface area contributed by atoms with E-state index in [4.69, 9.17) is 19.1 Å². The Morgan fingerprint density at radius 1 is 1.26 bits per heavy atom. The van der Waals surface area contributed by atoms with Crippen LogP contribution in [-0.2, 0) is 9.57 Å². The van der Waals surface area contributed by atoms with Crippen molar-refractivity contribution in [3.05, 3.63) is 24.2 Å². The fourth-order valence-corrected chi connectivity index (χ4v) is 1.65. The van der Waals surface area contributed by atoms with Gasteiger partial charge in [0.1, 0.15) is 24.4 Å². The third kappa shape index (κ3) is 3.11. The van der Waals surface area contributed by atoms with E-state index < -0.39 is 37.3 Å². The molecule has 106 valence electrons. The minimum atomic E-state index is -1.49. The highest BCUT2D eigenvalue weighted by Crippen LogP contribution is 2.21. The van der Waals surface area contributed by atoms with Gasteiger partial charge in [-0.2, -0.15) is 0 Å². The van der Waals surface area contributed by atoms with E-state index >= 15 is 0 Å². The molecule has 0 aliphatic carbocycles. The Labute approximate surface area is 108 Å². The molecule has 0 spiro atoms. The summed E-state index contributed by atoms with van der Waals surface area (Å²) in [6, 6.07) is 1.64. The molecule has 0 bridgehead atoms. The number of furan rings is 1. The van der Waals surface area contributed by atoms with Gasteiger partial charge in [-0.1, -0.05) is 5.16 Å². The van der Waals surface area contributed by atoms with Crippen LogP contribution in [0, 0.1) is 0 Å². The Hall–Kier alpha value is -1.45. The average Bonchev–Trinajstić information content (AvgIpc) is 2.92. The molecule has 19 heavy (non-hydrogen) atoms. The third-order valence-electron chi connectivity index (χ3n) is 2.76. The molecule has 2 heterocycles. The topological polar surface area (TPSA) is 125 Å². The molecule has 1 saturated heterocycles. The number of oxime groups is 1.